The number of hydrogen-bond acceptors (Lipinski definition) is 3. The minimum atomic E-state index is -0.607. The number of rotatable bonds is 9. The molecule has 0 fully saturated rings. The molecule has 0 aliphatic heterocycles. The minimum absolute atomic E-state index is 0.607. The first-order valence-corrected chi connectivity index (χ1v) is 7.49. The van der Waals surface area contributed by atoms with Crippen LogP contribution in [0.5, 0.6) is 5.75 Å². The van der Waals surface area contributed by atoms with E-state index in [0.717, 1.165) is 38.1 Å². The Morgan fingerprint density at radius 2 is 1.85 bits per heavy atom. The first-order chi connectivity index (χ1) is 9.43. The smallest absolute Gasteiger partial charge is 0.118 e. The van der Waals surface area contributed by atoms with Gasteiger partial charge in [-0.05, 0) is 62.9 Å². The van der Waals surface area contributed by atoms with Gasteiger partial charge in [-0.25, -0.2) is 0 Å². The highest BCUT2D eigenvalue weighted by Gasteiger charge is 2.19. The summed E-state index contributed by atoms with van der Waals surface area (Å²) in [6, 6.07) is 8.06. The van der Waals surface area contributed by atoms with Crippen molar-refractivity contribution < 1.29 is 9.84 Å². The van der Waals surface area contributed by atoms with Gasteiger partial charge in [0, 0.05) is 0 Å². The van der Waals surface area contributed by atoms with Crippen LogP contribution >= 0.6 is 0 Å². The number of aryl methyl sites for hydroxylation is 1. The lowest BCUT2D eigenvalue weighted by Gasteiger charge is -2.23. The van der Waals surface area contributed by atoms with Gasteiger partial charge in [-0.3, -0.25) is 0 Å². The molecule has 20 heavy (non-hydrogen) atoms. The highest BCUT2D eigenvalue weighted by molar-refractivity contribution is 5.27. The van der Waals surface area contributed by atoms with E-state index < -0.39 is 5.60 Å². The van der Waals surface area contributed by atoms with Crippen LogP contribution in [0.15, 0.2) is 24.3 Å². The number of aliphatic hydroxyl groups is 1. The molecule has 3 nitrogen and oxygen atoms in total. The second-order valence-electron chi connectivity index (χ2n) is 6.19. The summed E-state index contributed by atoms with van der Waals surface area (Å²) in [5.74, 6) is 1.53. The van der Waals surface area contributed by atoms with E-state index in [9.17, 15) is 5.11 Å². The Morgan fingerprint density at radius 1 is 1.20 bits per heavy atom. The van der Waals surface area contributed by atoms with Gasteiger partial charge in [0.25, 0.3) is 0 Å². The molecule has 1 atom stereocenters. The number of methoxy groups -OCH3 is 1. The largest absolute Gasteiger partial charge is 0.497 e. The lowest BCUT2D eigenvalue weighted by molar-refractivity contribution is 0.0424. The number of benzene rings is 1. The molecule has 0 spiro atoms. The van der Waals surface area contributed by atoms with Gasteiger partial charge in [-0.2, -0.15) is 0 Å². The Bertz CT molecular complexity index is 371. The number of nitrogens with one attached hydrogen (secondary N) is 1. The quantitative estimate of drug-likeness (QED) is 0.683. The van der Waals surface area contributed by atoms with Crippen molar-refractivity contribution in [2.45, 2.75) is 45.6 Å². The molecule has 1 aromatic rings. The first kappa shape index (κ1) is 17.0. The summed E-state index contributed by atoms with van der Waals surface area (Å²) in [4.78, 5) is 0. The van der Waals surface area contributed by atoms with Crippen molar-refractivity contribution in [3.05, 3.63) is 29.8 Å². The summed E-state index contributed by atoms with van der Waals surface area (Å²) >= 11 is 0. The van der Waals surface area contributed by atoms with Crippen LogP contribution < -0.4 is 10.1 Å². The van der Waals surface area contributed by atoms with Crippen molar-refractivity contribution in [3.63, 3.8) is 0 Å². The highest BCUT2D eigenvalue weighted by atomic mass is 16.5. The monoisotopic (exact) mass is 279 g/mol. The van der Waals surface area contributed by atoms with Gasteiger partial charge in [0.1, 0.15) is 5.75 Å². The molecule has 0 saturated carbocycles. The Balaban J connectivity index is 2.30. The molecule has 0 aliphatic rings. The number of ether oxygens (including phenoxy) is 1. The summed E-state index contributed by atoms with van der Waals surface area (Å²) in [5, 5.41) is 13.8. The molecular formula is C17H29NO2. The standard InChI is InChI=1S/C17H29NO2/c1-14(2)13-18-12-11-17(3,19)10-9-15-5-7-16(20-4)8-6-15/h5-8,14,18-19H,9-13H2,1-4H3. The van der Waals surface area contributed by atoms with Crippen LogP contribution in [0.25, 0.3) is 0 Å². The van der Waals surface area contributed by atoms with Gasteiger partial charge in [0.2, 0.25) is 0 Å². The highest BCUT2D eigenvalue weighted by Crippen LogP contribution is 2.19. The molecular weight excluding hydrogens is 250 g/mol. The number of hydrogen-bond donors (Lipinski definition) is 2. The van der Waals surface area contributed by atoms with Crippen molar-refractivity contribution in [1.29, 1.82) is 0 Å². The zero-order valence-corrected chi connectivity index (χ0v) is 13.3. The third-order valence-corrected chi connectivity index (χ3v) is 3.50. The van der Waals surface area contributed by atoms with Crippen LogP contribution in [0.3, 0.4) is 0 Å². The SMILES string of the molecule is COc1ccc(CCC(C)(O)CCNCC(C)C)cc1. The van der Waals surface area contributed by atoms with Crippen molar-refractivity contribution in [2.24, 2.45) is 5.92 Å². The lowest BCUT2D eigenvalue weighted by Crippen LogP contribution is -2.31. The lowest BCUT2D eigenvalue weighted by atomic mass is 9.93. The molecule has 0 bridgehead atoms. The maximum absolute atomic E-state index is 10.4. The van der Waals surface area contributed by atoms with Crippen LogP contribution in [0, 0.1) is 5.92 Å². The zero-order chi connectivity index (χ0) is 15.0. The summed E-state index contributed by atoms with van der Waals surface area (Å²) < 4.78 is 5.14. The van der Waals surface area contributed by atoms with Gasteiger partial charge < -0.3 is 15.2 Å². The van der Waals surface area contributed by atoms with Crippen LogP contribution in [0.2, 0.25) is 0 Å². The third kappa shape index (κ3) is 6.92. The van der Waals surface area contributed by atoms with Gasteiger partial charge in [0.15, 0.2) is 0 Å². The van der Waals surface area contributed by atoms with E-state index in [1.54, 1.807) is 7.11 Å². The molecule has 3 heteroatoms. The summed E-state index contributed by atoms with van der Waals surface area (Å²) in [7, 11) is 1.67. The molecule has 0 radical (unpaired) electrons. The van der Waals surface area contributed by atoms with Crippen LogP contribution in [0.4, 0.5) is 0 Å². The van der Waals surface area contributed by atoms with Crippen molar-refractivity contribution in [2.75, 3.05) is 20.2 Å². The topological polar surface area (TPSA) is 41.5 Å². The van der Waals surface area contributed by atoms with Gasteiger partial charge in [0.05, 0.1) is 12.7 Å². The Hall–Kier alpha value is -1.06. The minimum Gasteiger partial charge on any atom is -0.497 e. The van der Waals surface area contributed by atoms with Gasteiger partial charge in [-0.1, -0.05) is 26.0 Å². The molecule has 1 unspecified atom stereocenters. The predicted octanol–water partition coefficient (Wildman–Crippen LogP) is 3.01. The van der Waals surface area contributed by atoms with Crippen LogP contribution in [-0.2, 0) is 6.42 Å². The van der Waals surface area contributed by atoms with Crippen molar-refractivity contribution >= 4 is 0 Å². The maximum atomic E-state index is 10.4. The fourth-order valence-corrected chi connectivity index (χ4v) is 2.08. The maximum Gasteiger partial charge on any atom is 0.118 e. The van der Waals surface area contributed by atoms with Crippen LogP contribution in [0.1, 0.15) is 39.2 Å². The van der Waals surface area contributed by atoms with Gasteiger partial charge >= 0.3 is 0 Å². The van der Waals surface area contributed by atoms with E-state index in [2.05, 4.69) is 31.3 Å². The second kappa shape index (κ2) is 8.28. The Kier molecular flexibility index (Phi) is 7.03. The molecule has 0 saturated heterocycles. The van der Waals surface area contributed by atoms with E-state index >= 15 is 0 Å². The average molecular weight is 279 g/mol. The molecule has 1 rings (SSSR count). The fourth-order valence-electron chi connectivity index (χ4n) is 2.08. The van der Waals surface area contributed by atoms with Crippen LogP contribution in [-0.4, -0.2) is 30.9 Å². The summed E-state index contributed by atoms with van der Waals surface area (Å²) in [6.07, 6.45) is 2.46. The van der Waals surface area contributed by atoms with E-state index in [-0.39, 0.29) is 0 Å². The van der Waals surface area contributed by atoms with Crippen molar-refractivity contribution in [1.82, 2.24) is 5.32 Å². The third-order valence-electron chi connectivity index (χ3n) is 3.50. The Morgan fingerprint density at radius 3 is 2.40 bits per heavy atom. The van der Waals surface area contributed by atoms with Gasteiger partial charge in [-0.15, -0.1) is 0 Å². The van der Waals surface area contributed by atoms with E-state index in [0.29, 0.717) is 5.92 Å². The summed E-state index contributed by atoms with van der Waals surface area (Å²) in [5.41, 5.74) is 0.630. The molecule has 0 aromatic heterocycles. The molecule has 0 heterocycles. The fraction of sp³-hybridized carbons (Fsp3) is 0.647. The summed E-state index contributed by atoms with van der Waals surface area (Å²) in [6.45, 7) is 8.18. The Labute approximate surface area is 123 Å². The normalized spacial score (nSPS) is 14.3. The second-order valence-corrected chi connectivity index (χ2v) is 6.19. The first-order valence-electron chi connectivity index (χ1n) is 7.49. The molecule has 0 aliphatic carbocycles. The van der Waals surface area contributed by atoms with Crippen molar-refractivity contribution in [3.8, 4) is 5.75 Å². The molecule has 0 amide bonds. The van der Waals surface area contributed by atoms with E-state index in [1.165, 1.54) is 5.56 Å². The van der Waals surface area contributed by atoms with E-state index in [1.807, 2.05) is 19.1 Å². The average Bonchev–Trinajstić information content (AvgIpc) is 2.42. The molecule has 2 N–H and O–H groups in total. The molecule has 1 aromatic carbocycles. The van der Waals surface area contributed by atoms with E-state index in [4.69, 9.17) is 4.74 Å². The predicted molar refractivity (Wildman–Crippen MR) is 84.3 cm³/mol. The zero-order valence-electron chi connectivity index (χ0n) is 13.3. The molecule has 114 valence electrons.